The SMILES string of the molecule is Nc1ccc(COC(=O)NC(CCc2ccccc2)C(=O)O)cc1. The molecule has 2 aromatic rings. The second-order valence-electron chi connectivity index (χ2n) is 5.38. The fourth-order valence-corrected chi connectivity index (χ4v) is 2.16. The van der Waals surface area contributed by atoms with Crippen molar-refractivity contribution in [1.29, 1.82) is 0 Å². The zero-order valence-electron chi connectivity index (χ0n) is 13.1. The highest BCUT2D eigenvalue weighted by atomic mass is 16.5. The summed E-state index contributed by atoms with van der Waals surface area (Å²) < 4.78 is 5.05. The van der Waals surface area contributed by atoms with Crippen LogP contribution < -0.4 is 11.1 Å². The van der Waals surface area contributed by atoms with Crippen molar-refractivity contribution in [2.24, 2.45) is 0 Å². The minimum Gasteiger partial charge on any atom is -0.480 e. The molecule has 4 N–H and O–H groups in total. The second-order valence-corrected chi connectivity index (χ2v) is 5.38. The Kier molecular flexibility index (Phi) is 6.19. The van der Waals surface area contributed by atoms with E-state index in [1.54, 1.807) is 24.3 Å². The van der Waals surface area contributed by atoms with Crippen LogP contribution in [0.2, 0.25) is 0 Å². The molecule has 0 saturated heterocycles. The summed E-state index contributed by atoms with van der Waals surface area (Å²) in [6.07, 6.45) is 0.0825. The Morgan fingerprint density at radius 1 is 1.04 bits per heavy atom. The maximum atomic E-state index is 11.8. The van der Waals surface area contributed by atoms with Gasteiger partial charge < -0.3 is 20.9 Å². The molecule has 0 aromatic heterocycles. The van der Waals surface area contributed by atoms with Crippen LogP contribution in [0.3, 0.4) is 0 Å². The second kappa shape index (κ2) is 8.57. The quantitative estimate of drug-likeness (QED) is 0.678. The van der Waals surface area contributed by atoms with Gasteiger partial charge in [0.1, 0.15) is 12.6 Å². The minimum atomic E-state index is -1.09. The van der Waals surface area contributed by atoms with Gasteiger partial charge in [0.15, 0.2) is 0 Å². The first kappa shape index (κ1) is 17.3. The Morgan fingerprint density at radius 2 is 1.71 bits per heavy atom. The molecule has 1 amide bonds. The van der Waals surface area contributed by atoms with Crippen molar-refractivity contribution in [3.05, 3.63) is 65.7 Å². The zero-order chi connectivity index (χ0) is 17.4. The van der Waals surface area contributed by atoms with E-state index in [-0.39, 0.29) is 13.0 Å². The fraction of sp³-hybridized carbons (Fsp3) is 0.222. The molecule has 0 saturated carbocycles. The van der Waals surface area contributed by atoms with Gasteiger partial charge in [-0.05, 0) is 36.1 Å². The van der Waals surface area contributed by atoms with Crippen molar-refractivity contribution < 1.29 is 19.4 Å². The third kappa shape index (κ3) is 5.64. The van der Waals surface area contributed by atoms with Crippen molar-refractivity contribution >= 4 is 17.7 Å². The highest BCUT2D eigenvalue weighted by Gasteiger charge is 2.20. The van der Waals surface area contributed by atoms with Crippen LogP contribution in [0.15, 0.2) is 54.6 Å². The van der Waals surface area contributed by atoms with Crippen LogP contribution in [0.4, 0.5) is 10.5 Å². The van der Waals surface area contributed by atoms with Gasteiger partial charge in [-0.25, -0.2) is 9.59 Å². The molecule has 0 aliphatic heterocycles. The van der Waals surface area contributed by atoms with E-state index >= 15 is 0 Å². The molecule has 6 nitrogen and oxygen atoms in total. The molecule has 6 heteroatoms. The summed E-state index contributed by atoms with van der Waals surface area (Å²) >= 11 is 0. The summed E-state index contributed by atoms with van der Waals surface area (Å²) in [5.41, 5.74) is 7.99. The minimum absolute atomic E-state index is 0.0527. The highest BCUT2D eigenvalue weighted by Crippen LogP contribution is 2.08. The molecular formula is C18H20N2O4. The normalized spacial score (nSPS) is 11.5. The molecule has 0 aliphatic carbocycles. The van der Waals surface area contributed by atoms with Crippen molar-refractivity contribution in [3.63, 3.8) is 0 Å². The van der Waals surface area contributed by atoms with Gasteiger partial charge in [-0.2, -0.15) is 0 Å². The number of ether oxygens (including phenoxy) is 1. The molecular weight excluding hydrogens is 308 g/mol. The molecule has 0 heterocycles. The Bertz CT molecular complexity index is 671. The lowest BCUT2D eigenvalue weighted by molar-refractivity contribution is -0.139. The molecule has 0 fully saturated rings. The van der Waals surface area contributed by atoms with Crippen LogP contribution >= 0.6 is 0 Å². The topological polar surface area (TPSA) is 102 Å². The van der Waals surface area contributed by atoms with Crippen LogP contribution in [0.5, 0.6) is 0 Å². The number of rotatable bonds is 7. The average molecular weight is 328 g/mol. The number of carbonyl (C=O) groups excluding carboxylic acids is 1. The number of benzene rings is 2. The van der Waals surface area contributed by atoms with Crippen molar-refractivity contribution in [2.75, 3.05) is 5.73 Å². The number of nitrogen functional groups attached to an aromatic ring is 1. The smallest absolute Gasteiger partial charge is 0.408 e. The molecule has 0 spiro atoms. The van der Waals surface area contributed by atoms with E-state index in [1.165, 1.54) is 0 Å². The van der Waals surface area contributed by atoms with Gasteiger partial charge in [0.05, 0.1) is 0 Å². The zero-order valence-corrected chi connectivity index (χ0v) is 13.1. The Labute approximate surface area is 140 Å². The molecule has 126 valence electrons. The van der Waals surface area contributed by atoms with Crippen molar-refractivity contribution in [2.45, 2.75) is 25.5 Å². The van der Waals surface area contributed by atoms with Crippen molar-refractivity contribution in [1.82, 2.24) is 5.32 Å². The molecule has 2 aromatic carbocycles. The van der Waals surface area contributed by atoms with Crippen LogP contribution in [0, 0.1) is 0 Å². The number of carboxylic acids is 1. The first-order valence-corrected chi connectivity index (χ1v) is 7.59. The third-order valence-electron chi connectivity index (χ3n) is 3.50. The third-order valence-corrected chi connectivity index (χ3v) is 3.50. The summed E-state index contributed by atoms with van der Waals surface area (Å²) in [5.74, 6) is -1.09. The number of hydrogen-bond acceptors (Lipinski definition) is 4. The summed E-state index contributed by atoms with van der Waals surface area (Å²) in [7, 11) is 0. The van der Waals surface area contributed by atoms with Gasteiger partial charge >= 0.3 is 12.1 Å². The van der Waals surface area contributed by atoms with E-state index in [4.69, 9.17) is 10.5 Å². The number of aliphatic carboxylic acids is 1. The molecule has 2 rings (SSSR count). The summed E-state index contributed by atoms with van der Waals surface area (Å²) in [6, 6.07) is 15.4. The Hall–Kier alpha value is -3.02. The molecule has 24 heavy (non-hydrogen) atoms. The maximum Gasteiger partial charge on any atom is 0.408 e. The van der Waals surface area contributed by atoms with Gasteiger partial charge in [0.2, 0.25) is 0 Å². The first-order valence-electron chi connectivity index (χ1n) is 7.59. The summed E-state index contributed by atoms with van der Waals surface area (Å²) in [5, 5.41) is 11.6. The van der Waals surface area contributed by atoms with Crippen molar-refractivity contribution in [3.8, 4) is 0 Å². The van der Waals surface area contributed by atoms with Crippen LogP contribution in [-0.4, -0.2) is 23.2 Å². The maximum absolute atomic E-state index is 11.8. The predicted octanol–water partition coefficient (Wildman–Crippen LogP) is 2.58. The molecule has 0 aliphatic rings. The lowest BCUT2D eigenvalue weighted by atomic mass is 10.1. The average Bonchev–Trinajstić information content (AvgIpc) is 2.58. The van der Waals surface area contributed by atoms with E-state index < -0.39 is 18.1 Å². The van der Waals surface area contributed by atoms with Crippen LogP contribution in [0.25, 0.3) is 0 Å². The van der Waals surface area contributed by atoms with E-state index in [0.717, 1.165) is 11.1 Å². The largest absolute Gasteiger partial charge is 0.480 e. The molecule has 1 atom stereocenters. The van der Waals surface area contributed by atoms with Gasteiger partial charge in [0.25, 0.3) is 0 Å². The number of aryl methyl sites for hydroxylation is 1. The monoisotopic (exact) mass is 328 g/mol. The summed E-state index contributed by atoms with van der Waals surface area (Å²) in [4.78, 5) is 23.1. The summed E-state index contributed by atoms with van der Waals surface area (Å²) in [6.45, 7) is 0.0527. The Balaban J connectivity index is 1.82. The van der Waals surface area contributed by atoms with Gasteiger partial charge in [0, 0.05) is 5.69 Å². The number of alkyl carbamates (subject to hydrolysis) is 1. The standard InChI is InChI=1S/C18H20N2O4/c19-15-9-6-14(7-10-15)12-24-18(23)20-16(17(21)22)11-8-13-4-2-1-3-5-13/h1-7,9-10,16H,8,11-12,19H2,(H,20,23)(H,21,22). The van der Waals surface area contributed by atoms with E-state index in [0.29, 0.717) is 12.1 Å². The number of anilines is 1. The van der Waals surface area contributed by atoms with Gasteiger partial charge in [-0.15, -0.1) is 0 Å². The number of hydrogen-bond donors (Lipinski definition) is 3. The van der Waals surface area contributed by atoms with E-state index in [9.17, 15) is 14.7 Å². The van der Waals surface area contributed by atoms with Gasteiger partial charge in [-0.1, -0.05) is 42.5 Å². The number of nitrogens with two attached hydrogens (primary N) is 1. The lowest BCUT2D eigenvalue weighted by Crippen LogP contribution is -2.41. The van der Waals surface area contributed by atoms with Crippen LogP contribution in [-0.2, 0) is 22.6 Å². The number of carboxylic acid groups (broad SMARTS) is 1. The molecule has 1 unspecified atom stereocenters. The molecule has 0 bridgehead atoms. The number of carbonyl (C=O) groups is 2. The number of nitrogens with one attached hydrogen (secondary N) is 1. The first-order chi connectivity index (χ1) is 11.5. The van der Waals surface area contributed by atoms with E-state index in [2.05, 4.69) is 5.32 Å². The predicted molar refractivity (Wildman–Crippen MR) is 90.4 cm³/mol. The molecule has 0 radical (unpaired) electrons. The lowest BCUT2D eigenvalue weighted by Gasteiger charge is -2.14. The Morgan fingerprint density at radius 3 is 2.33 bits per heavy atom. The highest BCUT2D eigenvalue weighted by molar-refractivity contribution is 5.79. The van der Waals surface area contributed by atoms with Gasteiger partial charge in [-0.3, -0.25) is 0 Å². The van der Waals surface area contributed by atoms with E-state index in [1.807, 2.05) is 30.3 Å². The number of amides is 1. The van der Waals surface area contributed by atoms with Crippen LogP contribution in [0.1, 0.15) is 17.5 Å². The fourth-order valence-electron chi connectivity index (χ4n) is 2.16.